The maximum atomic E-state index is 12.8. The molecule has 0 aliphatic rings. The van der Waals surface area contributed by atoms with Crippen molar-refractivity contribution >= 4 is 16.1 Å². The second-order valence-electron chi connectivity index (χ2n) is 7.65. The van der Waals surface area contributed by atoms with Crippen molar-refractivity contribution in [2.24, 2.45) is 0 Å². The van der Waals surface area contributed by atoms with Crippen molar-refractivity contribution in [1.82, 2.24) is 15.1 Å². The summed E-state index contributed by atoms with van der Waals surface area (Å²) < 4.78 is 36.1. The number of benzene rings is 2. The molecule has 0 spiro atoms. The minimum atomic E-state index is -4.04. The average molecular weight is 450 g/mol. The fourth-order valence-corrected chi connectivity index (χ4v) is 3.71. The van der Waals surface area contributed by atoms with Crippen molar-refractivity contribution in [3.63, 3.8) is 0 Å². The molecule has 0 radical (unpaired) electrons. The summed E-state index contributed by atoms with van der Waals surface area (Å²) in [6.07, 6.45) is 0. The van der Waals surface area contributed by atoms with Crippen molar-refractivity contribution < 1.29 is 22.1 Å². The van der Waals surface area contributed by atoms with Gasteiger partial charge in [0.25, 0.3) is 0 Å². The van der Waals surface area contributed by atoms with Crippen LogP contribution in [0, 0.1) is 0 Å². The molecule has 1 N–H and O–H groups in total. The third kappa shape index (κ3) is 7.45. The number of carbonyl (C=O) groups is 1. The Morgan fingerprint density at radius 2 is 1.68 bits per heavy atom. The van der Waals surface area contributed by atoms with Gasteiger partial charge >= 0.3 is 16.1 Å². The second-order valence-corrected chi connectivity index (χ2v) is 9.20. The lowest BCUT2D eigenvalue weighted by atomic mass is 10.2. The third-order valence-electron chi connectivity index (χ3n) is 4.40. The van der Waals surface area contributed by atoms with E-state index < -0.39 is 10.1 Å². The Labute approximate surface area is 184 Å². The number of methoxy groups -OCH3 is 1. The molecule has 0 saturated carbocycles. The van der Waals surface area contributed by atoms with Crippen molar-refractivity contribution in [2.75, 3.05) is 34.3 Å². The van der Waals surface area contributed by atoms with E-state index >= 15 is 0 Å². The van der Waals surface area contributed by atoms with Crippen LogP contribution in [-0.4, -0.2) is 64.6 Å². The minimum absolute atomic E-state index is 0.0173. The van der Waals surface area contributed by atoms with Crippen LogP contribution >= 0.6 is 0 Å². The highest BCUT2D eigenvalue weighted by Gasteiger charge is 2.21. The van der Waals surface area contributed by atoms with Gasteiger partial charge < -0.3 is 24.0 Å². The first kappa shape index (κ1) is 24.5. The minimum Gasteiger partial charge on any atom is -0.497 e. The van der Waals surface area contributed by atoms with E-state index in [1.165, 1.54) is 19.2 Å². The Hall–Kier alpha value is -2.78. The number of carbonyl (C=O) groups excluding carboxylic acids is 1. The van der Waals surface area contributed by atoms with E-state index in [4.69, 9.17) is 8.92 Å². The summed E-state index contributed by atoms with van der Waals surface area (Å²) in [4.78, 5) is 16.3. The Bertz CT molecular complexity index is 959. The molecule has 0 saturated heterocycles. The maximum Gasteiger partial charge on any atom is 0.339 e. The van der Waals surface area contributed by atoms with Crippen LogP contribution in [0.15, 0.2) is 53.4 Å². The van der Waals surface area contributed by atoms with Crippen LogP contribution in [0.5, 0.6) is 11.5 Å². The summed E-state index contributed by atoms with van der Waals surface area (Å²) in [5, 5.41) is 2.89. The van der Waals surface area contributed by atoms with Gasteiger partial charge in [-0.2, -0.15) is 8.42 Å². The lowest BCUT2D eigenvalue weighted by Gasteiger charge is -2.26. The van der Waals surface area contributed by atoms with E-state index in [0.29, 0.717) is 24.4 Å². The lowest BCUT2D eigenvalue weighted by Crippen LogP contribution is -2.45. The van der Waals surface area contributed by atoms with Crippen LogP contribution in [0.3, 0.4) is 0 Å². The highest BCUT2D eigenvalue weighted by Crippen LogP contribution is 2.25. The number of nitrogens with zero attached hydrogens (tertiary/aromatic N) is 2. The standard InChI is InChI=1S/C22H31N3O5S/c1-17(2)23-22(26)25(15-14-24(3)4)16-18-8-6-7-9-21(18)30-31(27,28)20-12-10-19(29-5)11-13-20/h6-13,17H,14-16H2,1-5H3,(H,23,26). The smallest absolute Gasteiger partial charge is 0.339 e. The Balaban J connectivity index is 2.26. The van der Waals surface area contributed by atoms with Crippen LogP contribution in [0.25, 0.3) is 0 Å². The lowest BCUT2D eigenvalue weighted by molar-refractivity contribution is 0.186. The number of hydrogen-bond donors (Lipinski definition) is 1. The fourth-order valence-electron chi connectivity index (χ4n) is 2.74. The molecule has 0 heterocycles. The third-order valence-corrected chi connectivity index (χ3v) is 5.65. The van der Waals surface area contributed by atoms with E-state index in [-0.39, 0.29) is 29.3 Å². The summed E-state index contributed by atoms with van der Waals surface area (Å²) in [6.45, 7) is 5.13. The van der Waals surface area contributed by atoms with Crippen LogP contribution < -0.4 is 14.2 Å². The molecule has 170 valence electrons. The summed E-state index contributed by atoms with van der Waals surface area (Å²) in [6, 6.07) is 12.6. The molecule has 0 aliphatic heterocycles. The topological polar surface area (TPSA) is 88.2 Å². The number of hydrogen-bond acceptors (Lipinski definition) is 6. The number of para-hydroxylation sites is 1. The molecule has 0 bridgehead atoms. The highest BCUT2D eigenvalue weighted by atomic mass is 32.2. The van der Waals surface area contributed by atoms with Gasteiger partial charge in [0.15, 0.2) is 0 Å². The van der Waals surface area contributed by atoms with E-state index in [9.17, 15) is 13.2 Å². The van der Waals surface area contributed by atoms with Gasteiger partial charge in [-0.25, -0.2) is 4.79 Å². The fraction of sp³-hybridized carbons (Fsp3) is 0.409. The number of urea groups is 1. The molecule has 2 rings (SSSR count). The first-order valence-corrected chi connectivity index (χ1v) is 11.4. The number of ether oxygens (including phenoxy) is 1. The number of amides is 2. The predicted octanol–water partition coefficient (Wildman–Crippen LogP) is 2.94. The van der Waals surface area contributed by atoms with E-state index in [2.05, 4.69) is 5.32 Å². The van der Waals surface area contributed by atoms with Gasteiger partial charge in [-0.3, -0.25) is 0 Å². The van der Waals surface area contributed by atoms with E-state index in [1.807, 2.05) is 32.8 Å². The van der Waals surface area contributed by atoms with Gasteiger partial charge in [0.05, 0.1) is 13.7 Å². The average Bonchev–Trinajstić information content (AvgIpc) is 2.71. The van der Waals surface area contributed by atoms with Crippen molar-refractivity contribution in [3.8, 4) is 11.5 Å². The van der Waals surface area contributed by atoms with Crippen LogP contribution in [0.1, 0.15) is 19.4 Å². The van der Waals surface area contributed by atoms with Gasteiger partial charge in [0.2, 0.25) is 0 Å². The molecule has 9 heteroatoms. The summed E-state index contributed by atoms with van der Waals surface area (Å²) >= 11 is 0. The first-order valence-electron chi connectivity index (χ1n) is 9.99. The molecule has 2 aromatic carbocycles. The van der Waals surface area contributed by atoms with Gasteiger partial charge in [-0.15, -0.1) is 0 Å². The quantitative estimate of drug-likeness (QED) is 0.561. The van der Waals surface area contributed by atoms with E-state index in [1.54, 1.807) is 41.3 Å². The number of rotatable bonds is 10. The Morgan fingerprint density at radius 1 is 1.03 bits per heavy atom. The SMILES string of the molecule is COc1ccc(S(=O)(=O)Oc2ccccc2CN(CCN(C)C)C(=O)NC(C)C)cc1. The maximum absolute atomic E-state index is 12.8. The molecular weight excluding hydrogens is 418 g/mol. The van der Waals surface area contributed by atoms with Crippen molar-refractivity contribution in [3.05, 3.63) is 54.1 Å². The zero-order valence-electron chi connectivity index (χ0n) is 18.7. The zero-order valence-corrected chi connectivity index (χ0v) is 19.5. The highest BCUT2D eigenvalue weighted by molar-refractivity contribution is 7.87. The van der Waals surface area contributed by atoms with E-state index in [0.717, 1.165) is 0 Å². The van der Waals surface area contributed by atoms with Gasteiger partial charge in [0, 0.05) is 24.7 Å². The summed E-state index contributed by atoms with van der Waals surface area (Å²) in [5.41, 5.74) is 0.595. The first-order chi connectivity index (χ1) is 14.6. The molecule has 8 nitrogen and oxygen atoms in total. The molecule has 0 aromatic heterocycles. The molecule has 0 unspecified atom stereocenters. The molecule has 0 atom stereocenters. The summed E-state index contributed by atoms with van der Waals surface area (Å²) in [7, 11) is 1.32. The van der Waals surface area contributed by atoms with Crippen LogP contribution in [-0.2, 0) is 16.7 Å². The van der Waals surface area contributed by atoms with Crippen LogP contribution in [0.2, 0.25) is 0 Å². The Kier molecular flexibility index (Phi) is 8.70. The van der Waals surface area contributed by atoms with Crippen LogP contribution in [0.4, 0.5) is 4.79 Å². The summed E-state index contributed by atoms with van der Waals surface area (Å²) in [5.74, 6) is 0.734. The number of likely N-dealkylation sites (N-methyl/N-ethyl adjacent to an activating group) is 1. The molecule has 0 aliphatic carbocycles. The molecular formula is C22H31N3O5S. The van der Waals surface area contributed by atoms with Gasteiger partial charge in [-0.05, 0) is 58.3 Å². The molecule has 2 aromatic rings. The second kappa shape index (κ2) is 11.0. The van der Waals surface area contributed by atoms with Crippen molar-refractivity contribution in [1.29, 1.82) is 0 Å². The monoisotopic (exact) mass is 449 g/mol. The van der Waals surface area contributed by atoms with Gasteiger partial charge in [0.1, 0.15) is 16.4 Å². The van der Waals surface area contributed by atoms with Crippen molar-refractivity contribution in [2.45, 2.75) is 31.3 Å². The Morgan fingerprint density at radius 3 is 2.26 bits per heavy atom. The van der Waals surface area contributed by atoms with Gasteiger partial charge in [-0.1, -0.05) is 18.2 Å². The molecule has 31 heavy (non-hydrogen) atoms. The predicted molar refractivity (Wildman–Crippen MR) is 120 cm³/mol. The normalized spacial score (nSPS) is 11.5. The largest absolute Gasteiger partial charge is 0.497 e. The molecule has 0 fully saturated rings. The molecule has 2 amide bonds. The zero-order chi connectivity index (χ0) is 23.0. The number of nitrogens with one attached hydrogen (secondary N) is 1.